The van der Waals surface area contributed by atoms with Gasteiger partial charge in [0.1, 0.15) is 0 Å². The molecule has 1 aliphatic rings. The van der Waals surface area contributed by atoms with Crippen LogP contribution in [0, 0.1) is 0 Å². The van der Waals surface area contributed by atoms with Crippen LogP contribution in [0.3, 0.4) is 0 Å². The Morgan fingerprint density at radius 1 is 1.32 bits per heavy atom. The van der Waals surface area contributed by atoms with E-state index >= 15 is 0 Å². The molecule has 1 amide bonds. The molecule has 0 bridgehead atoms. The molecule has 1 unspecified atom stereocenters. The van der Waals surface area contributed by atoms with Gasteiger partial charge < -0.3 is 10.6 Å². The predicted molar refractivity (Wildman–Crippen MR) is 79.3 cm³/mol. The van der Waals surface area contributed by atoms with Crippen LogP contribution in [-0.2, 0) is 11.3 Å². The molecule has 1 aromatic carbocycles. The Hall–Kier alpha value is -1.39. The zero-order chi connectivity index (χ0) is 13.1. The third-order valence-corrected chi connectivity index (χ3v) is 4.65. The van der Waals surface area contributed by atoms with Crippen LogP contribution in [0.15, 0.2) is 29.6 Å². The first-order valence-corrected chi connectivity index (χ1v) is 7.69. The average Bonchev–Trinajstić information content (AvgIpc) is 2.73. The second-order valence-electron chi connectivity index (χ2n) is 4.98. The van der Waals surface area contributed by atoms with Gasteiger partial charge in [-0.25, -0.2) is 0 Å². The van der Waals surface area contributed by atoms with Gasteiger partial charge in [0.2, 0.25) is 5.91 Å². The Labute approximate surface area is 117 Å². The highest BCUT2D eigenvalue weighted by Gasteiger charge is 2.19. The predicted octanol–water partition coefficient (Wildman–Crippen LogP) is 2.66. The summed E-state index contributed by atoms with van der Waals surface area (Å²) < 4.78 is 1.31. The van der Waals surface area contributed by atoms with E-state index in [0.717, 1.165) is 32.4 Å². The molecule has 0 aliphatic carbocycles. The largest absolute Gasteiger partial charge is 0.355 e. The molecule has 1 atom stereocenters. The van der Waals surface area contributed by atoms with Crippen molar-refractivity contribution in [1.82, 2.24) is 10.6 Å². The van der Waals surface area contributed by atoms with Crippen LogP contribution in [0.25, 0.3) is 10.1 Å². The Kier molecular flexibility index (Phi) is 3.80. The van der Waals surface area contributed by atoms with E-state index in [1.54, 1.807) is 11.3 Å². The molecule has 1 fully saturated rings. The molecule has 0 saturated carbocycles. The minimum Gasteiger partial charge on any atom is -0.355 e. The van der Waals surface area contributed by atoms with E-state index in [0.29, 0.717) is 0 Å². The van der Waals surface area contributed by atoms with E-state index in [9.17, 15) is 4.79 Å². The van der Waals surface area contributed by atoms with Crippen molar-refractivity contribution >= 4 is 27.3 Å². The number of hydrogen-bond acceptors (Lipinski definition) is 3. The molecule has 2 heterocycles. The van der Waals surface area contributed by atoms with E-state index in [4.69, 9.17) is 0 Å². The van der Waals surface area contributed by atoms with Gasteiger partial charge in [-0.3, -0.25) is 4.79 Å². The summed E-state index contributed by atoms with van der Waals surface area (Å²) in [5.41, 5.74) is 1.29. The fourth-order valence-corrected chi connectivity index (χ4v) is 3.50. The topological polar surface area (TPSA) is 41.1 Å². The van der Waals surface area contributed by atoms with Crippen molar-refractivity contribution in [2.75, 3.05) is 6.54 Å². The van der Waals surface area contributed by atoms with Gasteiger partial charge in [0.05, 0.1) is 6.04 Å². The fraction of sp³-hybridized carbons (Fsp3) is 0.400. The summed E-state index contributed by atoms with van der Waals surface area (Å²) >= 11 is 1.76. The molecule has 0 radical (unpaired) electrons. The number of fused-ring (bicyclic) bond motifs is 1. The molecule has 2 N–H and O–H groups in total. The van der Waals surface area contributed by atoms with Crippen LogP contribution in [0.1, 0.15) is 24.8 Å². The standard InChI is InChI=1S/C15H18N2OS/c18-15-13(6-3-4-8-16-15)17-9-11-10-19-14-7-2-1-5-12(11)14/h1-2,5,7,10,13,17H,3-4,6,8-9H2,(H,16,18). The number of hydrogen-bond donors (Lipinski definition) is 2. The summed E-state index contributed by atoms with van der Waals surface area (Å²) in [4.78, 5) is 11.9. The van der Waals surface area contributed by atoms with E-state index in [2.05, 4.69) is 40.3 Å². The van der Waals surface area contributed by atoms with Crippen molar-refractivity contribution in [3.8, 4) is 0 Å². The number of carbonyl (C=O) groups is 1. The Morgan fingerprint density at radius 2 is 2.21 bits per heavy atom. The van der Waals surface area contributed by atoms with Crippen molar-refractivity contribution in [2.45, 2.75) is 31.8 Å². The van der Waals surface area contributed by atoms with Gasteiger partial charge in [0.15, 0.2) is 0 Å². The maximum Gasteiger partial charge on any atom is 0.237 e. The third kappa shape index (κ3) is 2.80. The first kappa shape index (κ1) is 12.6. The third-order valence-electron chi connectivity index (χ3n) is 3.64. The normalized spacial score (nSPS) is 20.2. The number of benzene rings is 1. The second kappa shape index (κ2) is 5.72. The number of nitrogens with one attached hydrogen (secondary N) is 2. The van der Waals surface area contributed by atoms with Crippen LogP contribution in [0.5, 0.6) is 0 Å². The number of amides is 1. The van der Waals surface area contributed by atoms with Crippen LogP contribution in [0.2, 0.25) is 0 Å². The van der Waals surface area contributed by atoms with Crippen LogP contribution in [-0.4, -0.2) is 18.5 Å². The number of carbonyl (C=O) groups excluding carboxylic acids is 1. The van der Waals surface area contributed by atoms with Crippen molar-refractivity contribution < 1.29 is 4.79 Å². The fourth-order valence-electron chi connectivity index (χ4n) is 2.54. The minimum absolute atomic E-state index is 0.0406. The van der Waals surface area contributed by atoms with Gasteiger partial charge in [-0.1, -0.05) is 18.2 Å². The lowest BCUT2D eigenvalue weighted by molar-refractivity contribution is -0.122. The van der Waals surface area contributed by atoms with Gasteiger partial charge in [0.25, 0.3) is 0 Å². The van der Waals surface area contributed by atoms with Crippen molar-refractivity contribution in [3.05, 3.63) is 35.2 Å². The molecule has 2 aromatic rings. The SMILES string of the molecule is O=C1NCCCCC1NCc1csc2ccccc12. The van der Waals surface area contributed by atoms with Crippen molar-refractivity contribution in [3.63, 3.8) is 0 Å². The molecule has 1 aromatic heterocycles. The maximum atomic E-state index is 11.9. The summed E-state index contributed by atoms with van der Waals surface area (Å²) in [5.74, 6) is 0.150. The van der Waals surface area contributed by atoms with Crippen molar-refractivity contribution in [1.29, 1.82) is 0 Å². The molecule has 100 valence electrons. The van der Waals surface area contributed by atoms with Gasteiger partial charge in [-0.05, 0) is 41.7 Å². The molecule has 4 heteroatoms. The van der Waals surface area contributed by atoms with Gasteiger partial charge in [0, 0.05) is 17.8 Å². The van der Waals surface area contributed by atoms with Crippen LogP contribution >= 0.6 is 11.3 Å². The van der Waals surface area contributed by atoms with Crippen LogP contribution in [0.4, 0.5) is 0 Å². The summed E-state index contributed by atoms with van der Waals surface area (Å²) in [6, 6.07) is 8.38. The lowest BCUT2D eigenvalue weighted by atomic mass is 10.1. The Bertz CT molecular complexity index is 578. The zero-order valence-electron chi connectivity index (χ0n) is 10.8. The lowest BCUT2D eigenvalue weighted by Crippen LogP contribution is -2.42. The van der Waals surface area contributed by atoms with E-state index < -0.39 is 0 Å². The van der Waals surface area contributed by atoms with Gasteiger partial charge in [-0.2, -0.15) is 0 Å². The highest BCUT2D eigenvalue weighted by atomic mass is 32.1. The highest BCUT2D eigenvalue weighted by Crippen LogP contribution is 2.25. The molecule has 0 spiro atoms. The molecule has 19 heavy (non-hydrogen) atoms. The van der Waals surface area contributed by atoms with E-state index in [1.165, 1.54) is 15.6 Å². The smallest absolute Gasteiger partial charge is 0.237 e. The Morgan fingerprint density at radius 3 is 3.16 bits per heavy atom. The monoisotopic (exact) mass is 274 g/mol. The van der Waals surface area contributed by atoms with Crippen molar-refractivity contribution in [2.24, 2.45) is 0 Å². The van der Waals surface area contributed by atoms with Crippen LogP contribution < -0.4 is 10.6 Å². The van der Waals surface area contributed by atoms with E-state index in [-0.39, 0.29) is 11.9 Å². The first-order chi connectivity index (χ1) is 9.34. The summed E-state index contributed by atoms with van der Waals surface area (Å²) in [7, 11) is 0. The molecular weight excluding hydrogens is 256 g/mol. The second-order valence-corrected chi connectivity index (χ2v) is 5.89. The quantitative estimate of drug-likeness (QED) is 0.903. The minimum atomic E-state index is -0.0406. The molecular formula is C15H18N2OS. The van der Waals surface area contributed by atoms with E-state index in [1.807, 2.05) is 0 Å². The molecule has 3 nitrogen and oxygen atoms in total. The highest BCUT2D eigenvalue weighted by molar-refractivity contribution is 7.17. The van der Waals surface area contributed by atoms with Gasteiger partial charge in [-0.15, -0.1) is 11.3 Å². The average molecular weight is 274 g/mol. The Balaban J connectivity index is 1.70. The number of thiophene rings is 1. The molecule has 1 saturated heterocycles. The lowest BCUT2D eigenvalue weighted by Gasteiger charge is -2.14. The maximum absolute atomic E-state index is 11.9. The summed E-state index contributed by atoms with van der Waals surface area (Å²) in [6.45, 7) is 1.58. The van der Waals surface area contributed by atoms with Gasteiger partial charge >= 0.3 is 0 Å². The first-order valence-electron chi connectivity index (χ1n) is 6.81. The number of rotatable bonds is 3. The molecule has 3 rings (SSSR count). The summed E-state index contributed by atoms with van der Waals surface area (Å²) in [6.07, 6.45) is 3.14. The zero-order valence-corrected chi connectivity index (χ0v) is 11.6. The summed E-state index contributed by atoms with van der Waals surface area (Å²) in [5, 5.41) is 9.85. The molecule has 1 aliphatic heterocycles.